The molecule has 28 heavy (non-hydrogen) atoms. The summed E-state index contributed by atoms with van der Waals surface area (Å²) in [7, 11) is 0. The Morgan fingerprint density at radius 2 is 1.89 bits per heavy atom. The summed E-state index contributed by atoms with van der Waals surface area (Å²) < 4.78 is 33.9. The molecule has 4 N–H and O–H groups in total. The van der Waals surface area contributed by atoms with Gasteiger partial charge in [-0.3, -0.25) is 9.58 Å². The van der Waals surface area contributed by atoms with Gasteiger partial charge in [-0.2, -0.15) is 9.97 Å². The average Bonchev–Trinajstić information content (AvgIpc) is 3.09. The molecule has 1 aromatic carbocycles. The fourth-order valence-corrected chi connectivity index (χ4v) is 3.50. The van der Waals surface area contributed by atoms with E-state index in [1.807, 2.05) is 0 Å². The Morgan fingerprint density at radius 3 is 2.61 bits per heavy atom. The van der Waals surface area contributed by atoms with Gasteiger partial charge in [0, 0.05) is 13.2 Å². The van der Waals surface area contributed by atoms with Crippen molar-refractivity contribution in [2.45, 2.75) is 25.3 Å². The number of para-hydroxylation sites is 2. The number of hydrogen-bond acceptors (Lipinski definition) is 7. The first-order valence-corrected chi connectivity index (χ1v) is 9.05. The number of nitrogens with zero attached hydrogens (tertiary/aromatic N) is 5. The van der Waals surface area contributed by atoms with Gasteiger partial charge in [-0.1, -0.05) is 12.1 Å². The zero-order valence-electron chi connectivity index (χ0n) is 14.7. The van der Waals surface area contributed by atoms with Crippen molar-refractivity contribution in [1.29, 1.82) is 0 Å². The van der Waals surface area contributed by atoms with E-state index in [0.29, 0.717) is 37.1 Å². The van der Waals surface area contributed by atoms with Gasteiger partial charge in [0.1, 0.15) is 5.69 Å². The van der Waals surface area contributed by atoms with E-state index in [9.17, 15) is 8.78 Å². The molecular weight excluding hydrogens is 392 g/mol. The lowest BCUT2D eigenvalue weighted by molar-refractivity contribution is 0.0843. The van der Waals surface area contributed by atoms with Crippen LogP contribution in [0.2, 0.25) is 5.28 Å². The lowest BCUT2D eigenvalue weighted by atomic mass is 10.1. The molecule has 148 valence electrons. The largest absolute Gasteiger partial charge is 0.393 e. The van der Waals surface area contributed by atoms with Crippen molar-refractivity contribution in [2.75, 3.05) is 24.0 Å². The Morgan fingerprint density at radius 1 is 1.18 bits per heavy atom. The van der Waals surface area contributed by atoms with Gasteiger partial charge in [-0.05, 0) is 36.6 Å². The van der Waals surface area contributed by atoms with Crippen molar-refractivity contribution >= 4 is 34.1 Å². The van der Waals surface area contributed by atoms with Crippen molar-refractivity contribution in [1.82, 2.24) is 19.5 Å². The third-order valence-corrected chi connectivity index (χ3v) is 4.87. The van der Waals surface area contributed by atoms with E-state index < -0.39 is 12.2 Å². The molecule has 3 aromatic rings. The molecule has 4 rings (SSSR count). The molecule has 1 fully saturated rings. The molecule has 0 amide bonds. The van der Waals surface area contributed by atoms with Crippen LogP contribution in [0.1, 0.15) is 25.1 Å². The second kappa shape index (κ2) is 7.46. The molecule has 0 aliphatic carbocycles. The lowest BCUT2D eigenvalue weighted by Gasteiger charge is -2.32. The number of nitrogen functional groups attached to an aromatic ring is 1. The van der Waals surface area contributed by atoms with Crippen molar-refractivity contribution in [3.8, 4) is 5.82 Å². The number of imidazole rings is 1. The number of nitrogens with two attached hydrogens (primary N) is 2. The smallest absolute Gasteiger partial charge is 0.296 e. The topological polar surface area (TPSA) is 108 Å². The second-order valence-electron chi connectivity index (χ2n) is 6.40. The number of anilines is 2. The molecule has 8 nitrogen and oxygen atoms in total. The maximum atomic E-state index is 13.7. The maximum absolute atomic E-state index is 13.7. The van der Waals surface area contributed by atoms with Gasteiger partial charge in [0.15, 0.2) is 17.5 Å². The molecule has 1 saturated heterocycles. The summed E-state index contributed by atoms with van der Waals surface area (Å²) in [5.41, 5.74) is 7.15. The molecule has 2 aromatic heterocycles. The molecule has 11 heteroatoms. The van der Waals surface area contributed by atoms with Gasteiger partial charge in [-0.25, -0.2) is 19.6 Å². The van der Waals surface area contributed by atoms with Crippen LogP contribution >= 0.6 is 11.6 Å². The zero-order valence-corrected chi connectivity index (χ0v) is 15.5. The van der Waals surface area contributed by atoms with Crippen molar-refractivity contribution in [3.63, 3.8) is 0 Å². The summed E-state index contributed by atoms with van der Waals surface area (Å²) in [5, 5.41) is 1.26. The number of benzene rings is 1. The summed E-state index contributed by atoms with van der Waals surface area (Å²) in [4.78, 5) is 12.3. The van der Waals surface area contributed by atoms with Crippen LogP contribution in [0.25, 0.3) is 16.9 Å². The molecule has 0 unspecified atom stereocenters. The predicted octanol–water partition coefficient (Wildman–Crippen LogP) is 2.85. The van der Waals surface area contributed by atoms with Crippen molar-refractivity contribution in [2.24, 2.45) is 5.84 Å². The summed E-state index contributed by atoms with van der Waals surface area (Å²) in [6.07, 6.45) is -1.47. The Kier molecular flexibility index (Phi) is 5.00. The van der Waals surface area contributed by atoms with E-state index in [2.05, 4.69) is 15.0 Å². The molecule has 0 bridgehead atoms. The fourth-order valence-electron chi connectivity index (χ4n) is 3.34. The quantitative estimate of drug-likeness (QED) is 0.387. The fraction of sp³-hybridized carbons (Fsp3) is 0.353. The third kappa shape index (κ3) is 3.23. The molecule has 0 atom stereocenters. The summed E-state index contributed by atoms with van der Waals surface area (Å²) in [6, 6.07) is 6.65. The Hall–Kier alpha value is -2.56. The highest BCUT2D eigenvalue weighted by atomic mass is 35.5. The number of fused-ring (bicyclic) bond motifs is 1. The van der Waals surface area contributed by atoms with Crippen LogP contribution in [0.4, 0.5) is 20.3 Å². The number of alkyl halides is 2. The van der Waals surface area contributed by atoms with Crippen LogP contribution in [0.15, 0.2) is 24.3 Å². The summed E-state index contributed by atoms with van der Waals surface area (Å²) in [6.45, 7) is 1.12. The third-order valence-electron chi connectivity index (χ3n) is 4.70. The van der Waals surface area contributed by atoms with Crippen molar-refractivity contribution in [3.05, 3.63) is 35.4 Å². The summed E-state index contributed by atoms with van der Waals surface area (Å²) in [5.74, 6) is 5.96. The number of aromatic nitrogens is 4. The van der Waals surface area contributed by atoms with Crippen LogP contribution in [-0.4, -0.2) is 38.8 Å². The average molecular weight is 410 g/mol. The maximum Gasteiger partial charge on any atom is 0.296 e. The highest BCUT2D eigenvalue weighted by Crippen LogP contribution is 2.34. The SMILES string of the molecule is Nc1c(N(N)C2CCOCC2)nc(Cl)nc1-n1c(C(F)F)nc2ccccc21. The van der Waals surface area contributed by atoms with Gasteiger partial charge in [-0.15, -0.1) is 0 Å². The molecular formula is C17H18ClF2N7O. The van der Waals surface area contributed by atoms with Crippen LogP contribution in [0.5, 0.6) is 0 Å². The lowest BCUT2D eigenvalue weighted by Crippen LogP contribution is -2.45. The van der Waals surface area contributed by atoms with E-state index in [0.717, 1.165) is 0 Å². The molecule has 1 aliphatic rings. The first-order valence-electron chi connectivity index (χ1n) is 8.68. The number of rotatable bonds is 4. The van der Waals surface area contributed by atoms with E-state index in [1.165, 1.54) is 9.58 Å². The van der Waals surface area contributed by atoms with Gasteiger partial charge < -0.3 is 10.5 Å². The van der Waals surface area contributed by atoms with Crippen LogP contribution in [0, 0.1) is 0 Å². The van der Waals surface area contributed by atoms with Crippen LogP contribution in [0.3, 0.4) is 0 Å². The van der Waals surface area contributed by atoms with Gasteiger partial charge >= 0.3 is 0 Å². The second-order valence-corrected chi connectivity index (χ2v) is 6.74. The highest BCUT2D eigenvalue weighted by Gasteiger charge is 2.27. The van der Waals surface area contributed by atoms with Gasteiger partial charge in [0.2, 0.25) is 5.28 Å². The molecule has 1 aliphatic heterocycles. The molecule has 0 radical (unpaired) electrons. The molecule has 3 heterocycles. The summed E-state index contributed by atoms with van der Waals surface area (Å²) >= 11 is 6.10. The number of hydrazine groups is 1. The highest BCUT2D eigenvalue weighted by molar-refractivity contribution is 6.28. The Bertz CT molecular complexity index is 1010. The van der Waals surface area contributed by atoms with Crippen molar-refractivity contribution < 1.29 is 13.5 Å². The number of hydrogen-bond donors (Lipinski definition) is 2. The minimum atomic E-state index is -2.84. The zero-order chi connectivity index (χ0) is 19.8. The van der Waals surface area contributed by atoms with Gasteiger partial charge in [0.25, 0.3) is 6.43 Å². The molecule has 0 saturated carbocycles. The van der Waals surface area contributed by atoms with Crippen LogP contribution < -0.4 is 16.6 Å². The van der Waals surface area contributed by atoms with E-state index >= 15 is 0 Å². The standard InChI is InChI=1S/C17H18ClF2N7O/c18-17-24-14(12(21)15(25-17)27(22)9-5-7-28-8-6-9)26-11-4-2-1-3-10(11)23-16(26)13(19)20/h1-4,9,13H,5-8,21-22H2. The Balaban J connectivity index is 1.89. The minimum absolute atomic E-state index is 0.0153. The van der Waals surface area contributed by atoms with E-state index in [1.54, 1.807) is 24.3 Å². The molecule has 0 spiro atoms. The normalized spacial score (nSPS) is 15.5. The predicted molar refractivity (Wildman–Crippen MR) is 102 cm³/mol. The van der Waals surface area contributed by atoms with E-state index in [4.69, 9.17) is 27.9 Å². The minimum Gasteiger partial charge on any atom is -0.393 e. The first kappa shape index (κ1) is 18.8. The Labute approximate surface area is 164 Å². The first-order chi connectivity index (χ1) is 13.5. The monoisotopic (exact) mass is 409 g/mol. The number of ether oxygens (including phenoxy) is 1. The van der Waals surface area contributed by atoms with E-state index in [-0.39, 0.29) is 28.6 Å². The van der Waals surface area contributed by atoms with Crippen LogP contribution in [-0.2, 0) is 4.74 Å². The number of halogens is 3. The van der Waals surface area contributed by atoms with Gasteiger partial charge in [0.05, 0.1) is 17.1 Å².